The highest BCUT2D eigenvalue weighted by Crippen LogP contribution is 2.18. The van der Waals surface area contributed by atoms with Gasteiger partial charge in [0.05, 0.1) is 13.0 Å². The molecule has 0 unspecified atom stereocenters. The van der Waals surface area contributed by atoms with E-state index in [0.29, 0.717) is 13.1 Å². The molecular weight excluding hydrogens is 280 g/mol. The molecule has 0 saturated carbocycles. The number of hydrogen-bond donors (Lipinski definition) is 1. The van der Waals surface area contributed by atoms with Gasteiger partial charge in [0.25, 0.3) is 0 Å². The Morgan fingerprint density at radius 2 is 2.14 bits per heavy atom. The van der Waals surface area contributed by atoms with Crippen molar-refractivity contribution in [2.45, 2.75) is 26.2 Å². The molecular formula is C17H24N2O3. The Balaban J connectivity index is 1.81. The van der Waals surface area contributed by atoms with Gasteiger partial charge in [-0.2, -0.15) is 0 Å². The summed E-state index contributed by atoms with van der Waals surface area (Å²) in [4.78, 5) is 25.4. The number of ether oxygens (including phenoxy) is 1. The third kappa shape index (κ3) is 4.23. The number of benzene rings is 1. The van der Waals surface area contributed by atoms with Gasteiger partial charge in [-0.15, -0.1) is 0 Å². The molecule has 0 radical (unpaired) electrons. The summed E-state index contributed by atoms with van der Waals surface area (Å²) in [6, 6.07) is 7.82. The molecule has 2 rings (SSSR count). The van der Waals surface area contributed by atoms with Crippen LogP contribution in [0, 0.1) is 5.92 Å². The van der Waals surface area contributed by atoms with Crippen LogP contribution in [0.15, 0.2) is 24.3 Å². The van der Waals surface area contributed by atoms with E-state index < -0.39 is 0 Å². The molecule has 1 aliphatic heterocycles. The molecule has 1 aromatic carbocycles. The zero-order valence-electron chi connectivity index (χ0n) is 13.3. The summed E-state index contributed by atoms with van der Waals surface area (Å²) < 4.78 is 5.30. The number of carbonyl (C=O) groups excluding carboxylic acids is 2. The Morgan fingerprint density at radius 3 is 2.86 bits per heavy atom. The molecule has 1 atom stereocenters. The van der Waals surface area contributed by atoms with Crippen molar-refractivity contribution in [1.29, 1.82) is 0 Å². The van der Waals surface area contributed by atoms with E-state index in [9.17, 15) is 9.59 Å². The molecule has 1 fully saturated rings. The van der Waals surface area contributed by atoms with Gasteiger partial charge in [-0.1, -0.05) is 18.2 Å². The lowest BCUT2D eigenvalue weighted by molar-refractivity contribution is -0.133. The van der Waals surface area contributed by atoms with E-state index in [1.165, 1.54) is 0 Å². The molecule has 1 heterocycles. The van der Waals surface area contributed by atoms with Crippen LogP contribution >= 0.6 is 0 Å². The van der Waals surface area contributed by atoms with Crippen LogP contribution < -0.4 is 10.1 Å². The summed E-state index contributed by atoms with van der Waals surface area (Å²) in [6.07, 6.45) is 2.48. The minimum atomic E-state index is -0.0877. The van der Waals surface area contributed by atoms with E-state index in [-0.39, 0.29) is 17.7 Å². The average Bonchev–Trinajstić information content (AvgIpc) is 2.55. The van der Waals surface area contributed by atoms with Crippen molar-refractivity contribution in [1.82, 2.24) is 10.2 Å². The van der Waals surface area contributed by atoms with Crippen LogP contribution in [0.2, 0.25) is 0 Å². The maximum absolute atomic E-state index is 12.2. The molecule has 120 valence electrons. The summed E-state index contributed by atoms with van der Waals surface area (Å²) >= 11 is 0. The van der Waals surface area contributed by atoms with Crippen LogP contribution in [0.25, 0.3) is 0 Å². The van der Waals surface area contributed by atoms with Crippen LogP contribution in [-0.2, 0) is 16.0 Å². The standard InChI is InChI=1S/C17H24N2O3/c1-13(20)19-11-5-7-15(12-19)17(21)18-10-9-14-6-3-4-8-16(14)22-2/h3-4,6,8,15H,5,7,9-12H2,1-2H3,(H,18,21)/t15-/m0/s1. The molecule has 0 spiro atoms. The first kappa shape index (κ1) is 16.3. The van der Waals surface area contributed by atoms with Gasteiger partial charge < -0.3 is 15.0 Å². The summed E-state index contributed by atoms with van der Waals surface area (Å²) in [6.45, 7) is 3.44. The Hall–Kier alpha value is -2.04. The monoisotopic (exact) mass is 304 g/mol. The highest BCUT2D eigenvalue weighted by atomic mass is 16.5. The fourth-order valence-electron chi connectivity index (χ4n) is 2.85. The first-order chi connectivity index (χ1) is 10.6. The van der Waals surface area contributed by atoms with Gasteiger partial charge in [0, 0.05) is 26.6 Å². The highest BCUT2D eigenvalue weighted by Gasteiger charge is 2.26. The number of amides is 2. The quantitative estimate of drug-likeness (QED) is 0.899. The van der Waals surface area contributed by atoms with Crippen LogP contribution in [0.5, 0.6) is 5.75 Å². The summed E-state index contributed by atoms with van der Waals surface area (Å²) in [5.41, 5.74) is 1.08. The number of nitrogens with zero attached hydrogens (tertiary/aromatic N) is 1. The molecule has 0 aliphatic carbocycles. The zero-order chi connectivity index (χ0) is 15.9. The summed E-state index contributed by atoms with van der Waals surface area (Å²) in [7, 11) is 1.65. The minimum absolute atomic E-state index is 0.0425. The highest BCUT2D eigenvalue weighted by molar-refractivity contribution is 5.80. The van der Waals surface area contributed by atoms with E-state index in [0.717, 1.165) is 37.1 Å². The lowest BCUT2D eigenvalue weighted by Gasteiger charge is -2.31. The predicted molar refractivity (Wildman–Crippen MR) is 84.7 cm³/mol. The molecule has 1 aromatic rings. The average molecular weight is 304 g/mol. The third-order valence-electron chi connectivity index (χ3n) is 4.12. The first-order valence-corrected chi connectivity index (χ1v) is 7.77. The second kappa shape index (κ2) is 7.82. The van der Waals surface area contributed by atoms with Gasteiger partial charge in [0.2, 0.25) is 11.8 Å². The minimum Gasteiger partial charge on any atom is -0.496 e. The molecule has 5 nitrogen and oxygen atoms in total. The molecule has 1 N–H and O–H groups in total. The van der Waals surface area contributed by atoms with Crippen LogP contribution in [0.3, 0.4) is 0 Å². The predicted octanol–water partition coefficient (Wildman–Crippen LogP) is 1.61. The fraction of sp³-hybridized carbons (Fsp3) is 0.529. The Labute approximate surface area is 131 Å². The van der Waals surface area contributed by atoms with Gasteiger partial charge in [0.1, 0.15) is 5.75 Å². The van der Waals surface area contributed by atoms with Crippen molar-refractivity contribution in [3.8, 4) is 5.75 Å². The smallest absolute Gasteiger partial charge is 0.224 e. The van der Waals surface area contributed by atoms with Crippen molar-refractivity contribution in [2.24, 2.45) is 5.92 Å². The maximum Gasteiger partial charge on any atom is 0.224 e. The topological polar surface area (TPSA) is 58.6 Å². The third-order valence-corrected chi connectivity index (χ3v) is 4.12. The summed E-state index contributed by atoms with van der Waals surface area (Å²) in [5.74, 6) is 0.847. The van der Waals surface area contributed by atoms with Crippen LogP contribution in [-0.4, -0.2) is 43.5 Å². The van der Waals surface area contributed by atoms with Gasteiger partial charge in [-0.05, 0) is 30.9 Å². The van der Waals surface area contributed by atoms with Crippen LogP contribution in [0.4, 0.5) is 0 Å². The molecule has 2 amide bonds. The van der Waals surface area contributed by atoms with Gasteiger partial charge in [-0.25, -0.2) is 0 Å². The van der Waals surface area contributed by atoms with E-state index in [1.807, 2.05) is 24.3 Å². The number of rotatable bonds is 5. The second-order valence-corrected chi connectivity index (χ2v) is 5.66. The maximum atomic E-state index is 12.2. The largest absolute Gasteiger partial charge is 0.496 e. The number of para-hydroxylation sites is 1. The van der Waals surface area contributed by atoms with Gasteiger partial charge >= 0.3 is 0 Å². The van der Waals surface area contributed by atoms with E-state index in [1.54, 1.807) is 18.9 Å². The molecule has 5 heteroatoms. The van der Waals surface area contributed by atoms with Gasteiger partial charge in [0.15, 0.2) is 0 Å². The lowest BCUT2D eigenvalue weighted by atomic mass is 9.97. The Bertz CT molecular complexity index is 530. The Morgan fingerprint density at radius 1 is 1.36 bits per heavy atom. The fourth-order valence-corrected chi connectivity index (χ4v) is 2.85. The molecule has 0 bridgehead atoms. The molecule has 1 aliphatic rings. The van der Waals surface area contributed by atoms with E-state index >= 15 is 0 Å². The second-order valence-electron chi connectivity index (χ2n) is 5.66. The number of methoxy groups -OCH3 is 1. The van der Waals surface area contributed by atoms with Crippen molar-refractivity contribution >= 4 is 11.8 Å². The molecule has 0 aromatic heterocycles. The van der Waals surface area contributed by atoms with E-state index in [2.05, 4.69) is 5.32 Å². The lowest BCUT2D eigenvalue weighted by Crippen LogP contribution is -2.45. The number of hydrogen-bond acceptors (Lipinski definition) is 3. The van der Waals surface area contributed by atoms with Gasteiger partial charge in [-0.3, -0.25) is 9.59 Å². The summed E-state index contributed by atoms with van der Waals surface area (Å²) in [5, 5.41) is 2.98. The number of nitrogens with one attached hydrogen (secondary N) is 1. The molecule has 22 heavy (non-hydrogen) atoms. The first-order valence-electron chi connectivity index (χ1n) is 7.77. The number of piperidine rings is 1. The Kier molecular flexibility index (Phi) is 5.81. The van der Waals surface area contributed by atoms with E-state index in [4.69, 9.17) is 4.74 Å². The number of likely N-dealkylation sites (tertiary alicyclic amines) is 1. The van der Waals surface area contributed by atoms with Crippen molar-refractivity contribution in [3.05, 3.63) is 29.8 Å². The van der Waals surface area contributed by atoms with Crippen molar-refractivity contribution < 1.29 is 14.3 Å². The SMILES string of the molecule is COc1ccccc1CCNC(=O)[C@H]1CCCN(C(C)=O)C1. The zero-order valence-corrected chi connectivity index (χ0v) is 13.3. The van der Waals surface area contributed by atoms with Crippen molar-refractivity contribution in [3.63, 3.8) is 0 Å². The normalized spacial score (nSPS) is 17.9. The van der Waals surface area contributed by atoms with Crippen molar-refractivity contribution in [2.75, 3.05) is 26.7 Å². The number of carbonyl (C=O) groups is 2. The molecule has 1 saturated heterocycles. The van der Waals surface area contributed by atoms with Crippen LogP contribution in [0.1, 0.15) is 25.3 Å².